The summed E-state index contributed by atoms with van der Waals surface area (Å²) in [4.78, 5) is 0. The first-order valence-electron chi connectivity index (χ1n) is 28.6. The van der Waals surface area contributed by atoms with Gasteiger partial charge in [0.1, 0.15) is 0 Å². The number of halogens is 30. The minimum Gasteiger partial charge on any atom is -0.309 e. The first-order chi connectivity index (χ1) is 46.9. The molecule has 0 saturated carbocycles. The molecule has 0 aliphatic rings. The highest BCUT2D eigenvalue weighted by Crippen LogP contribution is 2.52. The monoisotopic (exact) mass is 1470 g/mol. The van der Waals surface area contributed by atoms with Gasteiger partial charge in [0, 0.05) is 27.1 Å². The number of aromatic nitrogens is 2. The fourth-order valence-electron chi connectivity index (χ4n) is 12.3. The van der Waals surface area contributed by atoms with Gasteiger partial charge in [-0.1, -0.05) is 60.7 Å². The molecule has 0 bridgehead atoms. The van der Waals surface area contributed by atoms with Crippen LogP contribution in [-0.4, -0.2) is 9.13 Å². The summed E-state index contributed by atoms with van der Waals surface area (Å²) in [7, 11) is 0. The first-order valence-corrected chi connectivity index (χ1v) is 28.6. The molecule has 0 aliphatic heterocycles. The Bertz CT molecular complexity index is 4800. The molecule has 2 nitrogen and oxygen atoms in total. The van der Waals surface area contributed by atoms with E-state index in [-0.39, 0.29) is 60.7 Å². The van der Waals surface area contributed by atoms with Crippen LogP contribution in [0.3, 0.4) is 0 Å². The molecule has 0 saturated heterocycles. The molecule has 530 valence electrons. The van der Waals surface area contributed by atoms with Crippen LogP contribution in [0.4, 0.5) is 132 Å². The molecule has 2 aromatic heterocycles. The summed E-state index contributed by atoms with van der Waals surface area (Å²) in [6.45, 7) is 0. The second kappa shape index (κ2) is 23.6. The first kappa shape index (κ1) is 71.5. The maximum absolute atomic E-state index is 16.1. The van der Waals surface area contributed by atoms with Crippen LogP contribution in [-0.2, 0) is 61.8 Å². The van der Waals surface area contributed by atoms with Crippen molar-refractivity contribution in [3.8, 4) is 67.0 Å². The normalized spacial score (nSPS) is 13.6. The summed E-state index contributed by atoms with van der Waals surface area (Å²) < 4.78 is 442. The lowest BCUT2D eigenvalue weighted by molar-refractivity contribution is -0.144. The van der Waals surface area contributed by atoms with Crippen LogP contribution in [0.2, 0.25) is 0 Å². The van der Waals surface area contributed by atoms with Gasteiger partial charge in [-0.3, -0.25) is 0 Å². The number of hydrogen-bond donors (Lipinski definition) is 0. The number of rotatable bonds is 7. The van der Waals surface area contributed by atoms with Crippen LogP contribution in [0.15, 0.2) is 182 Å². The van der Waals surface area contributed by atoms with Crippen LogP contribution < -0.4 is 0 Å². The molecule has 2 heterocycles. The number of hydrogen-bond acceptors (Lipinski definition) is 0. The van der Waals surface area contributed by atoms with E-state index in [1.54, 1.807) is 0 Å². The molecule has 32 heteroatoms. The van der Waals surface area contributed by atoms with Gasteiger partial charge in [0.05, 0.1) is 89.1 Å². The molecule has 0 unspecified atom stereocenters. The van der Waals surface area contributed by atoms with Gasteiger partial charge in [-0.25, -0.2) is 0 Å². The molecular weight excluding hydrogens is 1440 g/mol. The van der Waals surface area contributed by atoms with E-state index in [0.29, 0.717) is 42.5 Å². The second-order valence-electron chi connectivity index (χ2n) is 23.1. The van der Waals surface area contributed by atoms with Gasteiger partial charge in [0.2, 0.25) is 0 Å². The Hall–Kier alpha value is -10.3. The van der Waals surface area contributed by atoms with E-state index < -0.39 is 228 Å². The Balaban J connectivity index is 1.25. The van der Waals surface area contributed by atoms with Gasteiger partial charge < -0.3 is 9.13 Å². The number of alkyl halides is 30. The molecular formula is C70H30F30N2. The summed E-state index contributed by atoms with van der Waals surface area (Å²) in [5.74, 6) is 0. The molecule has 12 aromatic rings. The van der Waals surface area contributed by atoms with Crippen molar-refractivity contribution in [3.63, 3.8) is 0 Å². The van der Waals surface area contributed by atoms with Gasteiger partial charge in [0.15, 0.2) is 0 Å². The number of benzene rings is 10. The van der Waals surface area contributed by atoms with Crippen LogP contribution in [0, 0.1) is 0 Å². The van der Waals surface area contributed by atoms with Crippen molar-refractivity contribution in [2.45, 2.75) is 61.8 Å². The molecule has 0 aliphatic carbocycles. The van der Waals surface area contributed by atoms with E-state index in [1.807, 2.05) is 0 Å². The van der Waals surface area contributed by atoms with Crippen LogP contribution in [0.1, 0.15) is 55.6 Å². The largest absolute Gasteiger partial charge is 0.417 e. The van der Waals surface area contributed by atoms with E-state index in [0.717, 1.165) is 88.0 Å². The van der Waals surface area contributed by atoms with Gasteiger partial charge in [-0.15, -0.1) is 0 Å². The summed E-state index contributed by atoms with van der Waals surface area (Å²) >= 11 is 0. The zero-order valence-corrected chi connectivity index (χ0v) is 49.6. The van der Waals surface area contributed by atoms with Crippen molar-refractivity contribution < 1.29 is 132 Å². The molecule has 10 aromatic carbocycles. The van der Waals surface area contributed by atoms with Gasteiger partial charge in [0.25, 0.3) is 0 Å². The minimum absolute atomic E-state index is 0.213. The summed E-state index contributed by atoms with van der Waals surface area (Å²) in [6.07, 6.45) is -55.3. The second-order valence-corrected chi connectivity index (χ2v) is 23.1. The predicted molar refractivity (Wildman–Crippen MR) is 312 cm³/mol. The molecule has 0 radical (unpaired) electrons. The van der Waals surface area contributed by atoms with Crippen molar-refractivity contribution in [2.75, 3.05) is 0 Å². The van der Waals surface area contributed by atoms with E-state index in [4.69, 9.17) is 0 Å². The molecule has 0 spiro atoms. The lowest BCUT2D eigenvalue weighted by Gasteiger charge is -2.23. The van der Waals surface area contributed by atoms with Crippen LogP contribution in [0.25, 0.3) is 111 Å². The minimum atomic E-state index is -5.69. The van der Waals surface area contributed by atoms with E-state index in [1.165, 1.54) is 0 Å². The number of fused-ring (bicyclic) bond motifs is 6. The Morgan fingerprint density at radius 2 is 0.422 bits per heavy atom. The van der Waals surface area contributed by atoms with E-state index in [9.17, 15) is 105 Å². The quantitative estimate of drug-likeness (QED) is 0.141. The fraction of sp³-hybridized carbons (Fsp3) is 0.143. The molecule has 12 rings (SSSR count). The average molecular weight is 1470 g/mol. The zero-order valence-electron chi connectivity index (χ0n) is 49.6. The summed E-state index contributed by atoms with van der Waals surface area (Å²) in [5, 5.41) is -2.25. The topological polar surface area (TPSA) is 9.86 Å². The van der Waals surface area contributed by atoms with Crippen LogP contribution in [0.5, 0.6) is 0 Å². The van der Waals surface area contributed by atoms with Gasteiger partial charge in [-0.05, 0) is 171 Å². The Morgan fingerprint density at radius 3 is 0.647 bits per heavy atom. The molecule has 0 atom stereocenters. The van der Waals surface area contributed by atoms with E-state index >= 15 is 26.3 Å². The average Bonchev–Trinajstić information content (AvgIpc) is 1.54. The smallest absolute Gasteiger partial charge is 0.309 e. The van der Waals surface area contributed by atoms with Crippen molar-refractivity contribution in [1.29, 1.82) is 0 Å². The zero-order chi connectivity index (χ0) is 74.7. The van der Waals surface area contributed by atoms with E-state index in [2.05, 4.69) is 0 Å². The predicted octanol–water partition coefficient (Wildman–Crippen LogP) is 26.4. The van der Waals surface area contributed by atoms with Crippen molar-refractivity contribution in [1.82, 2.24) is 9.13 Å². The van der Waals surface area contributed by atoms with Gasteiger partial charge >= 0.3 is 61.8 Å². The molecule has 0 amide bonds. The maximum Gasteiger partial charge on any atom is 0.417 e. The highest BCUT2D eigenvalue weighted by atomic mass is 19.4. The molecule has 102 heavy (non-hydrogen) atoms. The Labute approximate surface area is 549 Å². The fourth-order valence-corrected chi connectivity index (χ4v) is 12.3. The van der Waals surface area contributed by atoms with Crippen molar-refractivity contribution in [2.24, 2.45) is 0 Å². The molecule has 0 fully saturated rings. The Morgan fingerprint density at radius 1 is 0.186 bits per heavy atom. The van der Waals surface area contributed by atoms with Crippen molar-refractivity contribution >= 4 is 43.6 Å². The number of nitrogens with zero attached hydrogens (tertiary/aromatic N) is 2. The maximum atomic E-state index is 16.1. The highest BCUT2D eigenvalue weighted by Gasteiger charge is 2.44. The molecule has 0 N–H and O–H groups in total. The third kappa shape index (κ3) is 13.1. The lowest BCUT2D eigenvalue weighted by atomic mass is 9.94. The third-order valence-corrected chi connectivity index (χ3v) is 16.8. The Kier molecular flexibility index (Phi) is 16.6. The van der Waals surface area contributed by atoms with Crippen LogP contribution >= 0.6 is 0 Å². The standard InChI is InChI=1S/C70H30F30N2/c71-61(72,73)36-3-1-2-35(20-36)60-58(101-54-16-4-31(42-12-8-37(62(74,75)76)25-50(42)67(89,90)91)21-46(54)47-22-32(5-17-55(47)101)43-13-9-38(63(77,78)79)26-51(43)68(92,93)94)29-41(66(86,87)88)30-59(60)102-56-18-6-33(44-14-10-39(64(80,81)82)27-52(44)69(95,96)97)23-48(56)49-24-34(7-19-57(49)102)45-15-11-40(65(83,84)85)28-53(45)70(98,99)100/h1-30H. The van der Waals surface area contributed by atoms with Crippen molar-refractivity contribution in [3.05, 3.63) is 238 Å². The van der Waals surface area contributed by atoms with Gasteiger partial charge in [-0.2, -0.15) is 132 Å². The third-order valence-electron chi connectivity index (χ3n) is 16.8. The summed E-state index contributed by atoms with van der Waals surface area (Å²) in [6, 6.07) is 13.3. The lowest BCUT2D eigenvalue weighted by Crippen LogP contribution is -2.12. The highest BCUT2D eigenvalue weighted by molar-refractivity contribution is 6.15. The summed E-state index contributed by atoms with van der Waals surface area (Å²) in [5.41, 5.74) is -31.5. The SMILES string of the molecule is FC(F)(F)c1cccc(-c2c(-n3c4ccc(-c5ccc(C(F)(F)F)cc5C(F)(F)F)cc4c4cc(-c5ccc(C(F)(F)F)cc5C(F)(F)F)ccc43)cc(C(F)(F)F)cc2-n2c3ccc(-c4ccc(C(F)(F)F)cc4C(F)(F)F)cc3c3cc(-c4ccc(C(F)(F)F)cc4C(F)(F)F)ccc32)c1.